The molecule has 0 aliphatic rings. The minimum atomic E-state index is -0.246. The van der Waals surface area contributed by atoms with Crippen molar-refractivity contribution in [1.82, 2.24) is 15.1 Å². The molecule has 0 spiro atoms. The highest BCUT2D eigenvalue weighted by Gasteiger charge is 2.16. The summed E-state index contributed by atoms with van der Waals surface area (Å²) >= 11 is 0. The van der Waals surface area contributed by atoms with Gasteiger partial charge in [0.2, 0.25) is 0 Å². The van der Waals surface area contributed by atoms with Gasteiger partial charge in [0, 0.05) is 26.5 Å². The van der Waals surface area contributed by atoms with E-state index in [2.05, 4.69) is 10.4 Å². The Morgan fingerprint density at radius 1 is 1.71 bits per heavy atom. The molecule has 0 radical (unpaired) electrons. The molecule has 6 nitrogen and oxygen atoms in total. The predicted molar refractivity (Wildman–Crippen MR) is 62.8 cm³/mol. The summed E-state index contributed by atoms with van der Waals surface area (Å²) in [6.45, 7) is 2.26. The average molecular weight is 241 g/mol. The largest absolute Gasteiger partial charge is 0.396 e. The van der Waals surface area contributed by atoms with Crippen molar-refractivity contribution < 1.29 is 14.6 Å². The number of nitrogens with one attached hydrogen (secondary N) is 1. The summed E-state index contributed by atoms with van der Waals surface area (Å²) in [5.74, 6) is -0.246. The van der Waals surface area contributed by atoms with Crippen LogP contribution >= 0.6 is 0 Å². The van der Waals surface area contributed by atoms with Crippen molar-refractivity contribution in [2.45, 2.75) is 19.4 Å². The van der Waals surface area contributed by atoms with Crippen molar-refractivity contribution in [2.24, 2.45) is 7.05 Å². The highest BCUT2D eigenvalue weighted by Crippen LogP contribution is 2.02. The lowest BCUT2D eigenvalue weighted by Gasteiger charge is -2.15. The third-order valence-electron chi connectivity index (χ3n) is 2.53. The molecule has 17 heavy (non-hydrogen) atoms. The van der Waals surface area contributed by atoms with E-state index < -0.39 is 0 Å². The second-order valence-electron chi connectivity index (χ2n) is 3.93. The second kappa shape index (κ2) is 6.36. The standard InChI is InChI=1S/C11H19N3O3/c1-8-6-10(13-14(8)2)11(16)12-9(4-5-15)7-17-3/h6,9,15H,4-5,7H2,1-3H3,(H,12,16). The molecule has 0 bridgehead atoms. The molecule has 1 aromatic heterocycles. The molecule has 1 unspecified atom stereocenters. The quantitative estimate of drug-likeness (QED) is 0.726. The fourth-order valence-corrected chi connectivity index (χ4v) is 1.49. The molecule has 0 fully saturated rings. The summed E-state index contributed by atoms with van der Waals surface area (Å²) < 4.78 is 6.62. The summed E-state index contributed by atoms with van der Waals surface area (Å²) in [5, 5.41) is 15.7. The maximum atomic E-state index is 11.8. The van der Waals surface area contributed by atoms with Crippen LogP contribution in [0.15, 0.2) is 6.07 Å². The van der Waals surface area contributed by atoms with Crippen LogP contribution in [-0.4, -0.2) is 47.2 Å². The van der Waals surface area contributed by atoms with Crippen LogP contribution in [0.3, 0.4) is 0 Å². The van der Waals surface area contributed by atoms with Crippen molar-refractivity contribution in [2.75, 3.05) is 20.3 Å². The number of nitrogens with zero attached hydrogens (tertiary/aromatic N) is 2. The maximum Gasteiger partial charge on any atom is 0.272 e. The van der Waals surface area contributed by atoms with E-state index in [9.17, 15) is 4.79 Å². The zero-order valence-corrected chi connectivity index (χ0v) is 10.4. The number of aromatic nitrogens is 2. The lowest BCUT2D eigenvalue weighted by molar-refractivity contribution is 0.0873. The van der Waals surface area contributed by atoms with Gasteiger partial charge in [0.05, 0.1) is 12.6 Å². The zero-order valence-electron chi connectivity index (χ0n) is 10.4. The third-order valence-corrected chi connectivity index (χ3v) is 2.53. The lowest BCUT2D eigenvalue weighted by atomic mass is 10.2. The van der Waals surface area contributed by atoms with Crippen molar-refractivity contribution in [3.05, 3.63) is 17.5 Å². The highest BCUT2D eigenvalue weighted by atomic mass is 16.5. The van der Waals surface area contributed by atoms with Gasteiger partial charge in [-0.1, -0.05) is 0 Å². The molecular weight excluding hydrogens is 222 g/mol. The van der Waals surface area contributed by atoms with Crippen LogP contribution in [0.1, 0.15) is 22.6 Å². The molecule has 1 heterocycles. The Labute approximate surface area is 101 Å². The van der Waals surface area contributed by atoms with Crippen molar-refractivity contribution in [3.8, 4) is 0 Å². The molecule has 1 rings (SSSR count). The number of aliphatic hydroxyl groups is 1. The van der Waals surface area contributed by atoms with Crippen molar-refractivity contribution >= 4 is 5.91 Å². The topological polar surface area (TPSA) is 76.4 Å². The number of carbonyl (C=O) groups is 1. The molecule has 0 aromatic carbocycles. The normalized spacial score (nSPS) is 12.5. The molecule has 0 saturated heterocycles. The van der Waals surface area contributed by atoms with Gasteiger partial charge in [0.25, 0.3) is 5.91 Å². The van der Waals surface area contributed by atoms with Crippen molar-refractivity contribution in [3.63, 3.8) is 0 Å². The number of rotatable bonds is 6. The van der Waals surface area contributed by atoms with E-state index in [1.165, 1.54) is 0 Å². The van der Waals surface area contributed by atoms with Crippen LogP contribution < -0.4 is 5.32 Å². The highest BCUT2D eigenvalue weighted by molar-refractivity contribution is 5.92. The third kappa shape index (κ3) is 3.83. The Balaban J connectivity index is 2.63. The van der Waals surface area contributed by atoms with Crippen LogP contribution in [0.25, 0.3) is 0 Å². The molecule has 0 aliphatic heterocycles. The first kappa shape index (κ1) is 13.7. The van der Waals surface area contributed by atoms with Gasteiger partial charge in [-0.05, 0) is 19.4 Å². The first-order chi connectivity index (χ1) is 8.08. The Hall–Kier alpha value is -1.40. The Kier molecular flexibility index (Phi) is 5.11. The SMILES string of the molecule is COCC(CCO)NC(=O)c1cc(C)n(C)n1. The Morgan fingerprint density at radius 2 is 2.41 bits per heavy atom. The fraction of sp³-hybridized carbons (Fsp3) is 0.636. The summed E-state index contributed by atoms with van der Waals surface area (Å²) in [4.78, 5) is 11.8. The number of ether oxygens (including phenoxy) is 1. The summed E-state index contributed by atoms with van der Waals surface area (Å²) in [6.07, 6.45) is 0.464. The van der Waals surface area contributed by atoms with E-state index in [-0.39, 0.29) is 18.6 Å². The van der Waals surface area contributed by atoms with Crippen LogP contribution in [-0.2, 0) is 11.8 Å². The first-order valence-corrected chi connectivity index (χ1v) is 5.49. The van der Waals surface area contributed by atoms with Gasteiger partial charge in [-0.25, -0.2) is 0 Å². The molecular formula is C11H19N3O3. The zero-order chi connectivity index (χ0) is 12.8. The number of methoxy groups -OCH3 is 1. The minimum absolute atomic E-state index is 0.00948. The number of hydrogen-bond acceptors (Lipinski definition) is 4. The Morgan fingerprint density at radius 3 is 2.88 bits per heavy atom. The molecule has 1 aromatic rings. The Bertz CT molecular complexity index is 351. The van der Waals surface area contributed by atoms with E-state index in [1.807, 2.05) is 6.92 Å². The fourth-order valence-electron chi connectivity index (χ4n) is 1.49. The number of amides is 1. The number of carbonyl (C=O) groups excluding carboxylic acids is 1. The van der Waals surface area contributed by atoms with E-state index in [0.717, 1.165) is 5.69 Å². The minimum Gasteiger partial charge on any atom is -0.396 e. The van der Waals surface area contributed by atoms with Gasteiger partial charge in [-0.3, -0.25) is 9.48 Å². The summed E-state index contributed by atoms with van der Waals surface area (Å²) in [7, 11) is 3.34. The van der Waals surface area contributed by atoms with E-state index in [4.69, 9.17) is 9.84 Å². The van der Waals surface area contributed by atoms with E-state index >= 15 is 0 Å². The summed E-state index contributed by atoms with van der Waals surface area (Å²) in [6, 6.07) is 1.53. The van der Waals surface area contributed by atoms with Crippen LogP contribution in [0.5, 0.6) is 0 Å². The lowest BCUT2D eigenvalue weighted by Crippen LogP contribution is -2.38. The molecule has 96 valence electrons. The smallest absolute Gasteiger partial charge is 0.272 e. The summed E-state index contributed by atoms with van der Waals surface area (Å²) in [5.41, 5.74) is 1.30. The number of hydrogen-bond donors (Lipinski definition) is 2. The number of aliphatic hydroxyl groups excluding tert-OH is 1. The average Bonchev–Trinajstić information content (AvgIpc) is 2.60. The molecule has 6 heteroatoms. The molecule has 0 saturated carbocycles. The van der Waals surface area contributed by atoms with Gasteiger partial charge in [0.15, 0.2) is 0 Å². The molecule has 0 aliphatic carbocycles. The first-order valence-electron chi connectivity index (χ1n) is 5.49. The van der Waals surface area contributed by atoms with Crippen LogP contribution in [0, 0.1) is 6.92 Å². The van der Waals surface area contributed by atoms with Gasteiger partial charge in [-0.15, -0.1) is 0 Å². The molecule has 2 N–H and O–H groups in total. The van der Waals surface area contributed by atoms with Gasteiger partial charge >= 0.3 is 0 Å². The predicted octanol–water partition coefficient (Wildman–Crippen LogP) is -0.144. The van der Waals surface area contributed by atoms with E-state index in [1.54, 1.807) is 24.9 Å². The van der Waals surface area contributed by atoms with Gasteiger partial charge < -0.3 is 15.2 Å². The number of aryl methyl sites for hydroxylation is 2. The van der Waals surface area contributed by atoms with Gasteiger partial charge in [0.1, 0.15) is 5.69 Å². The molecule has 1 atom stereocenters. The van der Waals surface area contributed by atoms with Crippen molar-refractivity contribution in [1.29, 1.82) is 0 Å². The maximum absolute atomic E-state index is 11.8. The monoisotopic (exact) mass is 241 g/mol. The van der Waals surface area contributed by atoms with E-state index in [0.29, 0.717) is 18.7 Å². The molecule has 1 amide bonds. The van der Waals surface area contributed by atoms with Crippen LogP contribution in [0.4, 0.5) is 0 Å². The van der Waals surface area contributed by atoms with Gasteiger partial charge in [-0.2, -0.15) is 5.10 Å². The second-order valence-corrected chi connectivity index (χ2v) is 3.93. The van der Waals surface area contributed by atoms with Crippen LogP contribution in [0.2, 0.25) is 0 Å².